The van der Waals surface area contributed by atoms with E-state index in [9.17, 15) is 14.7 Å². The summed E-state index contributed by atoms with van der Waals surface area (Å²) in [5.74, 6) is 0.145. The van der Waals surface area contributed by atoms with Gasteiger partial charge in [0.2, 0.25) is 5.91 Å². The lowest BCUT2D eigenvalue weighted by molar-refractivity contribution is -0.129. The van der Waals surface area contributed by atoms with Gasteiger partial charge < -0.3 is 15.2 Å². The second kappa shape index (κ2) is 9.11. The van der Waals surface area contributed by atoms with Crippen molar-refractivity contribution in [2.45, 2.75) is 19.9 Å². The van der Waals surface area contributed by atoms with Gasteiger partial charge in [-0.3, -0.25) is 14.5 Å². The van der Waals surface area contributed by atoms with E-state index in [0.717, 1.165) is 11.8 Å². The second-order valence-corrected chi connectivity index (χ2v) is 7.95. The van der Waals surface area contributed by atoms with Crippen LogP contribution in [0.1, 0.15) is 19.4 Å². The number of phenols is 1. The molecule has 0 spiro atoms. The highest BCUT2D eigenvalue weighted by Crippen LogP contribution is 2.34. The summed E-state index contributed by atoms with van der Waals surface area (Å²) in [5, 5.41) is 12.4. The number of amides is 2. The first kappa shape index (κ1) is 20.9. The van der Waals surface area contributed by atoms with Crippen LogP contribution in [0.15, 0.2) is 53.4 Å². The van der Waals surface area contributed by atoms with E-state index < -0.39 is 6.04 Å². The molecule has 0 aromatic heterocycles. The van der Waals surface area contributed by atoms with Gasteiger partial charge in [0.1, 0.15) is 21.9 Å². The molecule has 1 saturated heterocycles. The molecule has 29 heavy (non-hydrogen) atoms. The van der Waals surface area contributed by atoms with Gasteiger partial charge in [-0.05, 0) is 61.9 Å². The Morgan fingerprint density at radius 2 is 2.03 bits per heavy atom. The largest absolute Gasteiger partial charge is 0.508 e. The first-order valence-corrected chi connectivity index (χ1v) is 10.2. The number of thioether (sulfide) groups is 1. The molecule has 0 aliphatic carbocycles. The summed E-state index contributed by atoms with van der Waals surface area (Å²) in [5.41, 5.74) is 1.28. The van der Waals surface area contributed by atoms with Crippen LogP contribution in [0, 0.1) is 0 Å². The van der Waals surface area contributed by atoms with Gasteiger partial charge in [-0.25, -0.2) is 0 Å². The third-order valence-electron chi connectivity index (χ3n) is 4.19. The summed E-state index contributed by atoms with van der Waals surface area (Å²) >= 11 is 6.46. The Hall–Kier alpha value is -2.84. The molecule has 6 nitrogen and oxygen atoms in total. The summed E-state index contributed by atoms with van der Waals surface area (Å²) in [6.07, 6.45) is 1.65. The topological polar surface area (TPSA) is 78.9 Å². The van der Waals surface area contributed by atoms with Gasteiger partial charge in [0.15, 0.2) is 0 Å². The number of aromatic hydroxyl groups is 1. The van der Waals surface area contributed by atoms with Crippen molar-refractivity contribution in [2.24, 2.45) is 0 Å². The average molecular weight is 429 g/mol. The number of phenolic OH excluding ortho intramolecular Hbond substituents is 1. The van der Waals surface area contributed by atoms with Crippen LogP contribution in [0.5, 0.6) is 11.5 Å². The van der Waals surface area contributed by atoms with E-state index in [-0.39, 0.29) is 17.6 Å². The number of hydrogen-bond acceptors (Lipinski definition) is 6. The number of ether oxygens (including phenoxy) is 1. The van der Waals surface area contributed by atoms with Gasteiger partial charge >= 0.3 is 0 Å². The molecule has 3 rings (SSSR count). The Morgan fingerprint density at radius 3 is 2.69 bits per heavy atom. The van der Waals surface area contributed by atoms with E-state index in [1.165, 1.54) is 4.90 Å². The fourth-order valence-electron chi connectivity index (χ4n) is 2.74. The molecule has 2 amide bonds. The Balaban J connectivity index is 1.71. The molecule has 1 aliphatic heterocycles. The zero-order valence-corrected chi connectivity index (χ0v) is 17.5. The van der Waals surface area contributed by atoms with Crippen molar-refractivity contribution >= 4 is 51.9 Å². The van der Waals surface area contributed by atoms with Crippen LogP contribution in [0.4, 0.5) is 5.69 Å². The number of rotatable bonds is 6. The lowest BCUT2D eigenvalue weighted by Gasteiger charge is -2.22. The summed E-state index contributed by atoms with van der Waals surface area (Å²) < 4.78 is 5.70. The number of carbonyl (C=O) groups excluding carboxylic acids is 2. The van der Waals surface area contributed by atoms with Crippen molar-refractivity contribution in [1.82, 2.24) is 4.90 Å². The predicted octanol–water partition coefficient (Wildman–Crippen LogP) is 4.02. The number of nitrogens with one attached hydrogen (secondary N) is 1. The predicted molar refractivity (Wildman–Crippen MR) is 119 cm³/mol. The zero-order chi connectivity index (χ0) is 21.0. The molecule has 2 aromatic carbocycles. The molecule has 1 unspecified atom stereocenters. The summed E-state index contributed by atoms with van der Waals surface area (Å²) in [6.45, 7) is 4.09. The Labute approximate surface area is 178 Å². The molecule has 2 aromatic rings. The maximum absolute atomic E-state index is 12.8. The third kappa shape index (κ3) is 4.96. The molecule has 0 saturated carbocycles. The molecular weight excluding hydrogens is 408 g/mol. The lowest BCUT2D eigenvalue weighted by Crippen LogP contribution is -2.44. The van der Waals surface area contributed by atoms with Gasteiger partial charge in [-0.2, -0.15) is 0 Å². The van der Waals surface area contributed by atoms with Gasteiger partial charge in [-0.1, -0.05) is 36.1 Å². The molecule has 1 atom stereocenters. The molecule has 8 heteroatoms. The van der Waals surface area contributed by atoms with Crippen molar-refractivity contribution in [3.05, 3.63) is 59.0 Å². The summed E-state index contributed by atoms with van der Waals surface area (Å²) in [7, 11) is 0. The second-order valence-electron chi connectivity index (χ2n) is 6.27. The SMILES string of the molecule is CCOc1ccc(NC(=O)C(C)N2C(=O)/C(=C/c3cccc(O)c3)SC2=S)cc1. The minimum atomic E-state index is -0.774. The normalized spacial score (nSPS) is 16.2. The molecular formula is C21H20N2O4S2. The maximum Gasteiger partial charge on any atom is 0.266 e. The molecule has 1 heterocycles. The smallest absolute Gasteiger partial charge is 0.266 e. The molecule has 0 bridgehead atoms. The average Bonchev–Trinajstić information content (AvgIpc) is 2.96. The highest BCUT2D eigenvalue weighted by atomic mass is 32.2. The number of carbonyl (C=O) groups is 2. The van der Waals surface area contributed by atoms with Gasteiger partial charge in [0, 0.05) is 5.69 Å². The monoisotopic (exact) mass is 428 g/mol. The first-order chi connectivity index (χ1) is 13.9. The van der Waals surface area contributed by atoms with Crippen LogP contribution in [-0.2, 0) is 9.59 Å². The number of hydrogen-bond donors (Lipinski definition) is 2. The zero-order valence-electron chi connectivity index (χ0n) is 15.9. The highest BCUT2D eigenvalue weighted by Gasteiger charge is 2.38. The maximum atomic E-state index is 12.8. The van der Waals surface area contributed by atoms with Crippen LogP contribution in [0.25, 0.3) is 6.08 Å². The molecule has 2 N–H and O–H groups in total. The van der Waals surface area contributed by atoms with Gasteiger partial charge in [0.25, 0.3) is 5.91 Å². The Kier molecular flexibility index (Phi) is 6.56. The summed E-state index contributed by atoms with van der Waals surface area (Å²) in [4.78, 5) is 27.2. The van der Waals surface area contributed by atoms with Crippen LogP contribution >= 0.6 is 24.0 Å². The van der Waals surface area contributed by atoms with Crippen LogP contribution in [0.3, 0.4) is 0 Å². The molecule has 1 fully saturated rings. The molecule has 150 valence electrons. The highest BCUT2D eigenvalue weighted by molar-refractivity contribution is 8.26. The van der Waals surface area contributed by atoms with Crippen molar-refractivity contribution in [3.63, 3.8) is 0 Å². The minimum Gasteiger partial charge on any atom is -0.508 e. The molecule has 1 aliphatic rings. The quantitative estimate of drug-likeness (QED) is 0.535. The van der Waals surface area contributed by atoms with Gasteiger partial charge in [0.05, 0.1) is 11.5 Å². The van der Waals surface area contributed by atoms with Crippen LogP contribution < -0.4 is 10.1 Å². The Morgan fingerprint density at radius 1 is 1.31 bits per heavy atom. The van der Waals surface area contributed by atoms with E-state index in [1.807, 2.05) is 6.92 Å². The van der Waals surface area contributed by atoms with E-state index in [0.29, 0.717) is 32.8 Å². The fourth-order valence-corrected chi connectivity index (χ4v) is 4.16. The van der Waals surface area contributed by atoms with E-state index in [2.05, 4.69) is 5.32 Å². The third-order valence-corrected chi connectivity index (χ3v) is 5.52. The minimum absolute atomic E-state index is 0.109. The van der Waals surface area contributed by atoms with Crippen molar-refractivity contribution < 1.29 is 19.4 Å². The van der Waals surface area contributed by atoms with Crippen molar-refractivity contribution in [1.29, 1.82) is 0 Å². The van der Waals surface area contributed by atoms with Gasteiger partial charge in [-0.15, -0.1) is 0 Å². The van der Waals surface area contributed by atoms with Crippen LogP contribution in [-0.4, -0.2) is 38.8 Å². The standard InChI is InChI=1S/C21H20N2O4S2/c1-3-27-17-9-7-15(8-10-17)22-19(25)13(2)23-20(26)18(29-21(23)28)12-14-5-4-6-16(24)11-14/h4-13,24H,3H2,1-2H3,(H,22,25)/b18-12-. The van der Waals surface area contributed by atoms with E-state index >= 15 is 0 Å². The number of benzene rings is 2. The Bertz CT molecular complexity index is 973. The summed E-state index contributed by atoms with van der Waals surface area (Å²) in [6, 6.07) is 12.8. The van der Waals surface area contributed by atoms with E-state index in [1.54, 1.807) is 61.5 Å². The number of thiocarbonyl (C=S) groups is 1. The molecule has 0 radical (unpaired) electrons. The fraction of sp³-hybridized carbons (Fsp3) is 0.190. The first-order valence-electron chi connectivity index (χ1n) is 8.99. The number of anilines is 1. The van der Waals surface area contributed by atoms with E-state index in [4.69, 9.17) is 17.0 Å². The number of nitrogens with zero attached hydrogens (tertiary/aromatic N) is 1. The van der Waals surface area contributed by atoms with Crippen molar-refractivity contribution in [2.75, 3.05) is 11.9 Å². The van der Waals surface area contributed by atoms with Crippen molar-refractivity contribution in [3.8, 4) is 11.5 Å². The lowest BCUT2D eigenvalue weighted by atomic mass is 10.2. The van der Waals surface area contributed by atoms with Crippen LogP contribution in [0.2, 0.25) is 0 Å².